The van der Waals surface area contributed by atoms with Crippen LogP contribution < -0.4 is 0 Å². The summed E-state index contributed by atoms with van der Waals surface area (Å²) in [5.41, 5.74) is 0.126. The summed E-state index contributed by atoms with van der Waals surface area (Å²) >= 11 is 0. The van der Waals surface area contributed by atoms with Crippen molar-refractivity contribution in [3.8, 4) is 0 Å². The first kappa shape index (κ1) is 39.2. The van der Waals surface area contributed by atoms with Gasteiger partial charge in [0.25, 0.3) is 6.48 Å². The summed E-state index contributed by atoms with van der Waals surface area (Å²) in [7, 11) is 0. The van der Waals surface area contributed by atoms with E-state index >= 15 is 0 Å². The first-order chi connectivity index (χ1) is 26.1. The van der Waals surface area contributed by atoms with Crippen LogP contribution in [0.15, 0.2) is 11.6 Å². The number of rotatable bonds is 7. The fourth-order valence-corrected chi connectivity index (χ4v) is 13.0. The van der Waals surface area contributed by atoms with Gasteiger partial charge in [0.15, 0.2) is 18.9 Å². The Morgan fingerprint density at radius 2 is 1.47 bits per heavy atom. The summed E-state index contributed by atoms with van der Waals surface area (Å²) in [6.07, 6.45) is -1.00. The van der Waals surface area contributed by atoms with Crippen LogP contribution in [0.1, 0.15) is 98.8 Å². The molecule has 0 amide bonds. The van der Waals surface area contributed by atoms with Gasteiger partial charge in [-0.3, -0.25) is 4.74 Å². The zero-order valence-corrected chi connectivity index (χ0v) is 32.5. The number of aliphatic hydroxyl groups excluding tert-OH is 5. The van der Waals surface area contributed by atoms with Crippen LogP contribution in [0, 0.1) is 28.6 Å². The van der Waals surface area contributed by atoms with Crippen molar-refractivity contribution in [2.24, 2.45) is 28.6 Å². The van der Waals surface area contributed by atoms with Crippen LogP contribution >= 0.6 is 0 Å². The predicted octanol–water partition coefficient (Wildman–Crippen LogP) is 1.92. The van der Waals surface area contributed by atoms with Crippen LogP contribution in [-0.4, -0.2) is 136 Å². The fraction of sp³-hybridized carbons (Fsp3) is 0.925. The van der Waals surface area contributed by atoms with E-state index in [2.05, 4.69) is 13.8 Å². The maximum Gasteiger partial charge on any atom is 0.331 e. The molecule has 4 saturated heterocycles. The maximum atomic E-state index is 12.0. The van der Waals surface area contributed by atoms with E-state index in [0.29, 0.717) is 18.3 Å². The number of carbonyl (C=O) groups excluding carboxylic acids is 1. The van der Waals surface area contributed by atoms with Crippen LogP contribution in [-0.2, 0) is 47.4 Å². The minimum atomic E-state index is -1.44. The van der Waals surface area contributed by atoms with E-state index in [9.17, 15) is 30.3 Å². The highest BCUT2D eigenvalue weighted by Crippen LogP contribution is 2.81. The smallest absolute Gasteiger partial charge is 0.331 e. The van der Waals surface area contributed by atoms with Crippen molar-refractivity contribution in [3.05, 3.63) is 11.6 Å². The molecule has 5 N–H and O–H groups in total. The van der Waals surface area contributed by atoms with E-state index in [4.69, 9.17) is 42.6 Å². The van der Waals surface area contributed by atoms with Gasteiger partial charge in [-0.25, -0.2) is 4.79 Å². The van der Waals surface area contributed by atoms with E-state index in [1.807, 2.05) is 0 Å². The van der Waals surface area contributed by atoms with Gasteiger partial charge in [0.2, 0.25) is 0 Å². The van der Waals surface area contributed by atoms with Crippen molar-refractivity contribution in [1.82, 2.24) is 0 Å². The second-order valence-electron chi connectivity index (χ2n) is 18.7. The highest BCUT2D eigenvalue weighted by atomic mass is 16.9. The molecular weight excluding hydrogens is 720 g/mol. The van der Waals surface area contributed by atoms with Gasteiger partial charge in [-0.15, -0.1) is 0 Å². The predicted molar refractivity (Wildman–Crippen MR) is 187 cm³/mol. The van der Waals surface area contributed by atoms with Crippen molar-refractivity contribution in [1.29, 1.82) is 0 Å². The van der Waals surface area contributed by atoms with E-state index < -0.39 is 80.3 Å². The van der Waals surface area contributed by atoms with Crippen molar-refractivity contribution in [2.75, 3.05) is 6.61 Å². The molecule has 0 aromatic heterocycles. The van der Waals surface area contributed by atoms with E-state index in [-0.39, 0.29) is 59.5 Å². The number of fused-ring (bicyclic) bond motifs is 2. The Hall–Kier alpha value is -1.31. The first-order valence-electron chi connectivity index (χ1n) is 20.6. The lowest BCUT2D eigenvalue weighted by Gasteiger charge is -2.58. The average molecular weight is 781 g/mol. The molecule has 21 atom stereocenters. The van der Waals surface area contributed by atoms with E-state index in [1.165, 1.54) is 0 Å². The van der Waals surface area contributed by atoms with Gasteiger partial charge in [-0.2, -0.15) is 0 Å². The Kier molecular flexibility index (Phi) is 9.89. The third kappa shape index (κ3) is 6.12. The van der Waals surface area contributed by atoms with Gasteiger partial charge >= 0.3 is 5.97 Å². The molecule has 5 aliphatic heterocycles. The largest absolute Gasteiger partial charge is 0.458 e. The summed E-state index contributed by atoms with van der Waals surface area (Å²) in [6, 6.07) is 0. The molecule has 55 heavy (non-hydrogen) atoms. The number of esters is 1. The van der Waals surface area contributed by atoms with Crippen LogP contribution in [0.25, 0.3) is 0 Å². The van der Waals surface area contributed by atoms with Gasteiger partial charge in [-0.05, 0) is 88.5 Å². The summed E-state index contributed by atoms with van der Waals surface area (Å²) < 4.78 is 54.1. The average Bonchev–Trinajstić information content (AvgIpc) is 3.47. The van der Waals surface area contributed by atoms with Gasteiger partial charge in [0, 0.05) is 36.7 Å². The molecule has 15 heteroatoms. The summed E-state index contributed by atoms with van der Waals surface area (Å²) in [4.78, 5) is 12.0. The summed E-state index contributed by atoms with van der Waals surface area (Å²) in [5, 5.41) is 53.6. The van der Waals surface area contributed by atoms with E-state index in [1.54, 1.807) is 26.8 Å². The molecule has 0 aromatic rings. The molecule has 8 fully saturated rings. The number of hydrogen-bond acceptors (Lipinski definition) is 15. The SMILES string of the molecule is CC1OC(O[C@H]2C(C)OC(O[C@@H]3C(O)C[C@@H](OC4CC[C@@]5(C)C6CC[C@]7(C)C(C8=CC(=O)OC8)C(O)C[C@]78OC68CC[C@H]5C4)O[C@@H]3C)OC2O)CC(O)C1O. The van der Waals surface area contributed by atoms with Crippen molar-refractivity contribution < 1.29 is 73.0 Å². The van der Waals surface area contributed by atoms with Crippen LogP contribution in [0.4, 0.5) is 0 Å². The van der Waals surface area contributed by atoms with Crippen molar-refractivity contribution >= 4 is 5.97 Å². The lowest BCUT2D eigenvalue weighted by Crippen LogP contribution is -2.59. The highest BCUT2D eigenvalue weighted by Gasteiger charge is 2.87. The van der Waals surface area contributed by atoms with Crippen molar-refractivity contribution in [2.45, 2.75) is 196 Å². The molecule has 0 radical (unpaired) electrons. The molecule has 0 aromatic carbocycles. The quantitative estimate of drug-likeness (QED) is 0.142. The third-order valence-electron chi connectivity index (χ3n) is 15.8. The Bertz CT molecular complexity index is 1480. The fourth-order valence-electron chi connectivity index (χ4n) is 13.0. The topological polar surface area (TPSA) is 205 Å². The molecule has 2 spiro atoms. The number of carbonyl (C=O) groups is 1. The summed E-state index contributed by atoms with van der Waals surface area (Å²) in [5.74, 6) is 0.392. The molecule has 5 heterocycles. The molecule has 4 aliphatic carbocycles. The minimum absolute atomic E-state index is 0.0140. The number of aliphatic hydroxyl groups is 5. The Labute approximate surface area is 321 Å². The molecule has 15 nitrogen and oxygen atoms in total. The second-order valence-corrected chi connectivity index (χ2v) is 18.7. The molecule has 9 aliphatic rings. The molecule has 0 bridgehead atoms. The van der Waals surface area contributed by atoms with Gasteiger partial charge in [0.1, 0.15) is 36.1 Å². The molecule has 310 valence electrons. The standard InChI is InChI=1S/C40H60O15/c1-18-32(45)24(41)14-30(48-18)52-34-20(3)50-36(54-35(34)46)53-33-19(2)49-29(15-25(33)42)51-23-7-9-37(4)22(13-23)6-11-39-27(37)8-10-38(5)31(21-12-28(44)47-17-21)26(43)16-40(38,39)55-39/h12,18-20,22-27,29-36,41-43,45-46H,6-11,13-17H2,1-5H3/t18?,19-,20?,22+,23?,24?,25?,26?,27?,29-,30?,31?,32?,33+,34+,35?,36?,37-,38-,39?,40+/m1/s1. The van der Waals surface area contributed by atoms with Gasteiger partial charge in [-0.1, -0.05) is 13.8 Å². The third-order valence-corrected chi connectivity index (χ3v) is 15.8. The summed E-state index contributed by atoms with van der Waals surface area (Å²) in [6.45, 7) is 8.81. The van der Waals surface area contributed by atoms with Crippen molar-refractivity contribution in [3.63, 3.8) is 0 Å². The van der Waals surface area contributed by atoms with Crippen LogP contribution in [0.5, 0.6) is 0 Å². The Balaban J connectivity index is 0.777. The highest BCUT2D eigenvalue weighted by molar-refractivity contribution is 5.85. The zero-order valence-electron chi connectivity index (χ0n) is 32.5. The first-order valence-corrected chi connectivity index (χ1v) is 20.6. The number of ether oxygens (including phenoxy) is 9. The minimum Gasteiger partial charge on any atom is -0.458 e. The molecular formula is C40H60O15. The lowest BCUT2D eigenvalue weighted by molar-refractivity contribution is -0.437. The monoisotopic (exact) mass is 780 g/mol. The maximum absolute atomic E-state index is 12.0. The molecule has 4 saturated carbocycles. The second kappa shape index (κ2) is 13.9. The normalized spacial score (nSPS) is 57.5. The van der Waals surface area contributed by atoms with Gasteiger partial charge in [0.05, 0.1) is 42.7 Å². The number of hydrogen-bond donors (Lipinski definition) is 5. The molecule has 13 unspecified atom stereocenters. The van der Waals surface area contributed by atoms with Crippen LogP contribution in [0.2, 0.25) is 0 Å². The Morgan fingerprint density at radius 3 is 2.18 bits per heavy atom. The van der Waals surface area contributed by atoms with Gasteiger partial charge < -0.3 is 63.4 Å². The Morgan fingerprint density at radius 1 is 0.745 bits per heavy atom. The molecule has 9 rings (SSSR count). The number of epoxide rings is 1. The van der Waals surface area contributed by atoms with E-state index in [0.717, 1.165) is 50.5 Å². The zero-order chi connectivity index (χ0) is 38.8. The lowest BCUT2D eigenvalue weighted by atomic mass is 9.44. The number of cyclic esters (lactones) is 1. The van der Waals surface area contributed by atoms with Crippen LogP contribution in [0.3, 0.4) is 0 Å².